The highest BCUT2D eigenvalue weighted by molar-refractivity contribution is 5.99. The molecule has 1 amide bonds. The van der Waals surface area contributed by atoms with E-state index in [1.807, 2.05) is 29.2 Å². The molecule has 3 heterocycles. The molecular formula is C33H33NO5. The Balaban J connectivity index is 1.06. The lowest BCUT2D eigenvalue weighted by atomic mass is 9.75. The summed E-state index contributed by atoms with van der Waals surface area (Å²) < 4.78 is 17.5. The number of nitrogens with zero attached hydrogens (tertiary/aromatic N) is 1. The van der Waals surface area contributed by atoms with Crippen molar-refractivity contribution in [1.82, 2.24) is 4.90 Å². The lowest BCUT2D eigenvalue weighted by Crippen LogP contribution is -2.56. The number of ketones is 1. The molecule has 0 spiro atoms. The summed E-state index contributed by atoms with van der Waals surface area (Å²) in [7, 11) is 0. The fourth-order valence-electron chi connectivity index (χ4n) is 7.25. The van der Waals surface area contributed by atoms with Gasteiger partial charge in [-0.05, 0) is 54.4 Å². The molecule has 39 heavy (non-hydrogen) atoms. The van der Waals surface area contributed by atoms with Gasteiger partial charge in [0.05, 0.1) is 13.2 Å². The summed E-state index contributed by atoms with van der Waals surface area (Å²) in [5, 5.41) is 0. The van der Waals surface area contributed by atoms with Gasteiger partial charge in [-0.1, -0.05) is 72.8 Å². The zero-order chi connectivity index (χ0) is 26.3. The van der Waals surface area contributed by atoms with Gasteiger partial charge < -0.3 is 19.1 Å². The van der Waals surface area contributed by atoms with Gasteiger partial charge in [0.25, 0.3) is 0 Å². The summed E-state index contributed by atoms with van der Waals surface area (Å²) in [6, 6.07) is 24.5. The Kier molecular flexibility index (Phi) is 6.45. The molecule has 3 aromatic rings. The summed E-state index contributed by atoms with van der Waals surface area (Å²) >= 11 is 0. The number of hydrogen-bond acceptors (Lipinski definition) is 5. The predicted octanol–water partition coefficient (Wildman–Crippen LogP) is 6.50. The quantitative estimate of drug-likeness (QED) is 0.357. The van der Waals surface area contributed by atoms with Gasteiger partial charge in [-0.2, -0.15) is 0 Å². The second-order valence-electron chi connectivity index (χ2n) is 11.1. The predicted molar refractivity (Wildman–Crippen MR) is 146 cm³/mol. The van der Waals surface area contributed by atoms with Crippen LogP contribution in [0.4, 0.5) is 4.79 Å². The number of Topliss-reactive ketones (excluding diaryl/α,β-unsaturated/α-hetero) is 1. The first-order valence-electron chi connectivity index (χ1n) is 14.2. The normalized spacial score (nSPS) is 24.3. The van der Waals surface area contributed by atoms with Crippen LogP contribution in [-0.2, 0) is 14.2 Å². The smallest absolute Gasteiger partial charge is 0.410 e. The molecule has 6 nitrogen and oxygen atoms in total. The molecule has 0 aromatic heterocycles. The Morgan fingerprint density at radius 3 is 1.97 bits per heavy atom. The molecule has 0 saturated carbocycles. The monoisotopic (exact) mass is 523 g/mol. The van der Waals surface area contributed by atoms with Crippen molar-refractivity contribution in [3.63, 3.8) is 0 Å². The average Bonchev–Trinajstić information content (AvgIpc) is 3.62. The van der Waals surface area contributed by atoms with Crippen molar-refractivity contribution in [3.05, 3.63) is 95.1 Å². The van der Waals surface area contributed by atoms with Crippen LogP contribution in [0.25, 0.3) is 11.1 Å². The second-order valence-corrected chi connectivity index (χ2v) is 11.1. The number of carbonyl (C=O) groups is 2. The van der Waals surface area contributed by atoms with Crippen LogP contribution in [0.3, 0.4) is 0 Å². The largest absolute Gasteiger partial charge is 0.448 e. The van der Waals surface area contributed by atoms with Gasteiger partial charge in [-0.3, -0.25) is 4.79 Å². The van der Waals surface area contributed by atoms with Crippen molar-refractivity contribution in [2.75, 3.05) is 19.8 Å². The van der Waals surface area contributed by atoms with E-state index in [0.29, 0.717) is 38.2 Å². The van der Waals surface area contributed by atoms with Crippen LogP contribution in [0.15, 0.2) is 72.8 Å². The molecule has 2 unspecified atom stereocenters. The van der Waals surface area contributed by atoms with E-state index in [1.54, 1.807) is 0 Å². The fourth-order valence-corrected chi connectivity index (χ4v) is 7.25. The zero-order valence-corrected chi connectivity index (χ0v) is 22.0. The highest BCUT2D eigenvalue weighted by Crippen LogP contribution is 2.45. The van der Waals surface area contributed by atoms with E-state index in [0.717, 1.165) is 24.8 Å². The number of ether oxygens (including phenoxy) is 3. The molecule has 1 aliphatic carbocycles. The van der Waals surface area contributed by atoms with Crippen LogP contribution in [0.2, 0.25) is 0 Å². The Bertz CT molecular complexity index is 1340. The number of piperidine rings is 2. The topological polar surface area (TPSA) is 65.1 Å². The Morgan fingerprint density at radius 1 is 0.769 bits per heavy atom. The van der Waals surface area contributed by atoms with Gasteiger partial charge >= 0.3 is 6.09 Å². The lowest BCUT2D eigenvalue weighted by Gasteiger charge is -2.47. The SMILES string of the molecule is O=C(c1ccccc1C1OCCO1)C1CC2CCCC(C1)N2C(=O)OCC1c2ccccc2-c2ccccc21. The molecular weight excluding hydrogens is 490 g/mol. The van der Waals surface area contributed by atoms with E-state index in [9.17, 15) is 9.59 Å². The van der Waals surface area contributed by atoms with Crippen LogP contribution in [-0.4, -0.2) is 48.7 Å². The fraction of sp³-hybridized carbons (Fsp3) is 0.394. The molecule has 3 saturated heterocycles. The van der Waals surface area contributed by atoms with Crippen molar-refractivity contribution < 1.29 is 23.8 Å². The molecule has 0 N–H and O–H groups in total. The summed E-state index contributed by atoms with van der Waals surface area (Å²) in [4.78, 5) is 29.3. The van der Waals surface area contributed by atoms with Gasteiger partial charge in [0.1, 0.15) is 6.61 Å². The minimum atomic E-state index is -0.481. The third kappa shape index (κ3) is 4.36. The van der Waals surface area contributed by atoms with Crippen molar-refractivity contribution in [2.24, 2.45) is 5.92 Å². The summed E-state index contributed by atoms with van der Waals surface area (Å²) in [6.07, 6.45) is 3.49. The Morgan fingerprint density at radius 2 is 1.33 bits per heavy atom. The van der Waals surface area contributed by atoms with Gasteiger partial charge in [0.15, 0.2) is 12.1 Å². The van der Waals surface area contributed by atoms with E-state index in [1.165, 1.54) is 22.3 Å². The first-order valence-corrected chi connectivity index (χ1v) is 14.2. The molecule has 3 fully saturated rings. The van der Waals surface area contributed by atoms with E-state index < -0.39 is 6.29 Å². The molecule has 200 valence electrons. The van der Waals surface area contributed by atoms with Crippen LogP contribution in [0, 0.1) is 5.92 Å². The number of carbonyl (C=O) groups excluding carboxylic acids is 2. The molecule has 3 aromatic carbocycles. The third-order valence-corrected chi connectivity index (χ3v) is 8.99. The van der Waals surface area contributed by atoms with E-state index in [2.05, 4.69) is 48.5 Å². The maximum Gasteiger partial charge on any atom is 0.410 e. The number of hydrogen-bond donors (Lipinski definition) is 0. The van der Waals surface area contributed by atoms with E-state index >= 15 is 0 Å². The number of fused-ring (bicyclic) bond motifs is 5. The van der Waals surface area contributed by atoms with E-state index in [-0.39, 0.29) is 35.8 Å². The standard InChI is InChI=1S/C33H33NO5/c35-31(28-14-5-6-15-29(28)32-37-16-17-38-32)21-18-22-8-7-9-23(19-21)34(22)33(36)39-20-30-26-12-3-1-10-24(26)25-11-2-4-13-27(25)30/h1-6,10-15,21-23,30,32H,7-9,16-20H2. The highest BCUT2D eigenvalue weighted by atomic mass is 16.7. The zero-order valence-electron chi connectivity index (χ0n) is 22.0. The third-order valence-electron chi connectivity index (χ3n) is 8.99. The van der Waals surface area contributed by atoms with Crippen LogP contribution >= 0.6 is 0 Å². The van der Waals surface area contributed by atoms with Crippen molar-refractivity contribution in [3.8, 4) is 11.1 Å². The minimum Gasteiger partial charge on any atom is -0.448 e. The summed E-state index contributed by atoms with van der Waals surface area (Å²) in [5.41, 5.74) is 6.36. The second kappa shape index (κ2) is 10.2. The Labute approximate surface area is 228 Å². The first kappa shape index (κ1) is 24.6. The van der Waals surface area contributed by atoms with E-state index in [4.69, 9.17) is 14.2 Å². The lowest BCUT2D eigenvalue weighted by molar-refractivity contribution is -0.0446. The summed E-state index contributed by atoms with van der Waals surface area (Å²) in [6.45, 7) is 1.39. The molecule has 4 aliphatic rings. The number of rotatable bonds is 5. The maximum atomic E-state index is 13.8. The molecule has 3 aliphatic heterocycles. The van der Waals surface area contributed by atoms with Crippen LogP contribution in [0.1, 0.15) is 71.4 Å². The van der Waals surface area contributed by atoms with Crippen molar-refractivity contribution in [1.29, 1.82) is 0 Å². The molecule has 6 heteroatoms. The number of benzene rings is 3. The Hall–Kier alpha value is -3.48. The van der Waals surface area contributed by atoms with Gasteiger partial charge in [-0.15, -0.1) is 0 Å². The average molecular weight is 524 g/mol. The van der Waals surface area contributed by atoms with Crippen LogP contribution < -0.4 is 0 Å². The van der Waals surface area contributed by atoms with Crippen molar-refractivity contribution >= 4 is 11.9 Å². The minimum absolute atomic E-state index is 0.0215. The number of amides is 1. The highest BCUT2D eigenvalue weighted by Gasteiger charge is 2.44. The molecule has 2 bridgehead atoms. The molecule has 7 rings (SSSR count). The van der Waals surface area contributed by atoms with Gasteiger partial charge in [0.2, 0.25) is 0 Å². The van der Waals surface area contributed by atoms with Crippen molar-refractivity contribution in [2.45, 2.75) is 56.4 Å². The van der Waals surface area contributed by atoms with Gasteiger partial charge in [0, 0.05) is 35.0 Å². The van der Waals surface area contributed by atoms with Crippen LogP contribution in [0.5, 0.6) is 0 Å². The summed E-state index contributed by atoms with van der Waals surface area (Å²) in [5.74, 6) is 0.0473. The van der Waals surface area contributed by atoms with Gasteiger partial charge in [-0.25, -0.2) is 4.79 Å². The molecule has 2 atom stereocenters. The first-order chi connectivity index (χ1) is 19.2. The maximum absolute atomic E-state index is 13.8. The molecule has 0 radical (unpaired) electrons.